The summed E-state index contributed by atoms with van der Waals surface area (Å²) >= 11 is 5.82. The lowest BCUT2D eigenvalue weighted by Gasteiger charge is -2.31. The third-order valence-electron chi connectivity index (χ3n) is 3.70. The molecular formula is C13H19Cl2FN2O2S. The van der Waals surface area contributed by atoms with Crippen molar-refractivity contribution in [1.82, 2.24) is 4.72 Å². The van der Waals surface area contributed by atoms with Gasteiger partial charge in [0, 0.05) is 6.04 Å². The van der Waals surface area contributed by atoms with Crippen LogP contribution in [0.4, 0.5) is 4.39 Å². The minimum atomic E-state index is -3.75. The first-order valence-corrected chi connectivity index (χ1v) is 8.47. The van der Waals surface area contributed by atoms with Gasteiger partial charge >= 0.3 is 0 Å². The lowest BCUT2D eigenvalue weighted by Crippen LogP contribution is -2.44. The van der Waals surface area contributed by atoms with Crippen LogP contribution < -0.4 is 10.5 Å². The Labute approximate surface area is 135 Å². The minimum Gasteiger partial charge on any atom is -0.330 e. The number of nitrogens with one attached hydrogen (secondary N) is 1. The second-order valence-corrected chi connectivity index (χ2v) is 7.17. The van der Waals surface area contributed by atoms with Crippen LogP contribution in [0.15, 0.2) is 23.1 Å². The van der Waals surface area contributed by atoms with Crippen LogP contribution in [-0.4, -0.2) is 21.0 Å². The topological polar surface area (TPSA) is 72.2 Å². The largest absolute Gasteiger partial charge is 0.330 e. The summed E-state index contributed by atoms with van der Waals surface area (Å²) in [6, 6.07) is 3.08. The monoisotopic (exact) mass is 356 g/mol. The summed E-state index contributed by atoms with van der Waals surface area (Å²) in [5, 5.41) is -0.113. The Hall–Kier alpha value is -0.400. The molecule has 2 unspecified atom stereocenters. The zero-order valence-electron chi connectivity index (χ0n) is 11.4. The molecule has 0 spiro atoms. The average Bonchev–Trinajstić information content (AvgIpc) is 2.38. The van der Waals surface area contributed by atoms with E-state index in [1.165, 1.54) is 6.07 Å². The van der Waals surface area contributed by atoms with Crippen molar-refractivity contribution >= 4 is 34.0 Å². The number of hydrogen-bond donors (Lipinski definition) is 2. The van der Waals surface area contributed by atoms with Crippen LogP contribution >= 0.6 is 24.0 Å². The van der Waals surface area contributed by atoms with Gasteiger partial charge in [-0.2, -0.15) is 0 Å². The highest BCUT2D eigenvalue weighted by Crippen LogP contribution is 2.27. The van der Waals surface area contributed by atoms with Crippen molar-refractivity contribution in [2.24, 2.45) is 11.7 Å². The van der Waals surface area contributed by atoms with Gasteiger partial charge in [0.2, 0.25) is 10.0 Å². The van der Waals surface area contributed by atoms with E-state index >= 15 is 0 Å². The molecule has 0 aliphatic heterocycles. The van der Waals surface area contributed by atoms with Gasteiger partial charge in [-0.25, -0.2) is 17.5 Å². The fourth-order valence-corrected chi connectivity index (χ4v) is 4.47. The Kier molecular flexibility index (Phi) is 6.87. The van der Waals surface area contributed by atoms with Crippen molar-refractivity contribution < 1.29 is 12.8 Å². The van der Waals surface area contributed by atoms with Crippen molar-refractivity contribution in [3.8, 4) is 0 Å². The van der Waals surface area contributed by atoms with E-state index in [4.69, 9.17) is 17.3 Å². The molecule has 0 bridgehead atoms. The van der Waals surface area contributed by atoms with Gasteiger partial charge in [-0.15, -0.1) is 12.4 Å². The Morgan fingerprint density at radius 2 is 2.00 bits per heavy atom. The van der Waals surface area contributed by atoms with Gasteiger partial charge < -0.3 is 5.73 Å². The normalized spacial score (nSPS) is 22.6. The van der Waals surface area contributed by atoms with Crippen molar-refractivity contribution in [1.29, 1.82) is 0 Å². The molecule has 21 heavy (non-hydrogen) atoms. The zero-order valence-corrected chi connectivity index (χ0v) is 13.8. The number of benzene rings is 1. The van der Waals surface area contributed by atoms with Crippen LogP contribution in [0.5, 0.6) is 0 Å². The quantitative estimate of drug-likeness (QED) is 0.870. The van der Waals surface area contributed by atoms with Crippen LogP contribution in [0.25, 0.3) is 0 Å². The first-order chi connectivity index (χ1) is 9.44. The number of sulfonamides is 1. The average molecular weight is 357 g/mol. The van der Waals surface area contributed by atoms with Crippen molar-refractivity contribution in [3.63, 3.8) is 0 Å². The summed E-state index contributed by atoms with van der Waals surface area (Å²) in [7, 11) is -3.75. The summed E-state index contributed by atoms with van der Waals surface area (Å²) in [4.78, 5) is -0.0955. The molecule has 3 N–H and O–H groups in total. The second kappa shape index (κ2) is 7.74. The lowest BCUT2D eigenvalue weighted by molar-refractivity contribution is 0.296. The maximum absolute atomic E-state index is 13.0. The molecule has 0 radical (unpaired) electrons. The van der Waals surface area contributed by atoms with Crippen LogP contribution in [0.1, 0.15) is 25.7 Å². The molecule has 120 valence electrons. The van der Waals surface area contributed by atoms with Gasteiger partial charge in [0.25, 0.3) is 0 Å². The molecule has 1 aromatic rings. The van der Waals surface area contributed by atoms with E-state index in [2.05, 4.69) is 4.72 Å². The van der Waals surface area contributed by atoms with E-state index in [-0.39, 0.29) is 34.3 Å². The highest BCUT2D eigenvalue weighted by Gasteiger charge is 2.29. The number of halogens is 3. The molecule has 1 saturated carbocycles. The van der Waals surface area contributed by atoms with Crippen LogP contribution in [0, 0.1) is 11.7 Å². The van der Waals surface area contributed by atoms with Gasteiger partial charge in [-0.1, -0.05) is 24.4 Å². The van der Waals surface area contributed by atoms with Crippen molar-refractivity contribution in [2.45, 2.75) is 36.6 Å². The molecule has 1 aromatic carbocycles. The number of hydrogen-bond acceptors (Lipinski definition) is 3. The molecule has 0 saturated heterocycles. The standard InChI is InChI=1S/C13H18ClFN2O2S.ClH/c14-11-7-10(15)5-6-13(11)20(18,19)17-12-4-2-1-3-9(12)8-16;/h5-7,9,12,17H,1-4,8,16H2;1H. The summed E-state index contributed by atoms with van der Waals surface area (Å²) in [6.07, 6.45) is 3.72. The molecular weight excluding hydrogens is 338 g/mol. The Morgan fingerprint density at radius 1 is 1.33 bits per heavy atom. The SMILES string of the molecule is Cl.NCC1CCCCC1NS(=O)(=O)c1ccc(F)cc1Cl. The molecule has 2 rings (SSSR count). The molecule has 2 atom stereocenters. The fourth-order valence-electron chi connectivity index (χ4n) is 2.60. The smallest absolute Gasteiger partial charge is 0.242 e. The van der Waals surface area contributed by atoms with Gasteiger partial charge in [0.15, 0.2) is 0 Å². The molecule has 1 aliphatic rings. The first-order valence-electron chi connectivity index (χ1n) is 6.61. The van der Waals surface area contributed by atoms with Crippen LogP contribution in [-0.2, 0) is 10.0 Å². The predicted molar refractivity (Wildman–Crippen MR) is 83.8 cm³/mol. The van der Waals surface area contributed by atoms with E-state index in [9.17, 15) is 12.8 Å². The molecule has 1 fully saturated rings. The highest BCUT2D eigenvalue weighted by atomic mass is 35.5. The van der Waals surface area contributed by atoms with E-state index in [1.807, 2.05) is 0 Å². The maximum atomic E-state index is 13.0. The lowest BCUT2D eigenvalue weighted by atomic mass is 9.85. The van der Waals surface area contributed by atoms with E-state index in [0.717, 1.165) is 37.8 Å². The summed E-state index contributed by atoms with van der Waals surface area (Å²) in [6.45, 7) is 0.449. The highest BCUT2D eigenvalue weighted by molar-refractivity contribution is 7.89. The minimum absolute atomic E-state index is 0. The van der Waals surface area contributed by atoms with Gasteiger partial charge in [-0.05, 0) is 43.5 Å². The molecule has 1 aliphatic carbocycles. The third-order valence-corrected chi connectivity index (χ3v) is 5.67. The van der Waals surface area contributed by atoms with E-state index in [0.29, 0.717) is 6.54 Å². The molecule has 8 heteroatoms. The molecule has 0 aromatic heterocycles. The van der Waals surface area contributed by atoms with Crippen molar-refractivity contribution in [2.75, 3.05) is 6.54 Å². The molecule has 4 nitrogen and oxygen atoms in total. The fraction of sp³-hybridized carbons (Fsp3) is 0.538. The maximum Gasteiger partial charge on any atom is 0.242 e. The third kappa shape index (κ3) is 4.53. The summed E-state index contributed by atoms with van der Waals surface area (Å²) in [5.74, 6) is -0.427. The molecule has 0 amide bonds. The van der Waals surface area contributed by atoms with E-state index < -0.39 is 15.8 Å². The van der Waals surface area contributed by atoms with Gasteiger partial charge in [-0.3, -0.25) is 0 Å². The molecule has 0 heterocycles. The Balaban J connectivity index is 0.00000220. The van der Waals surface area contributed by atoms with Crippen LogP contribution in [0.3, 0.4) is 0 Å². The second-order valence-electron chi connectivity index (χ2n) is 5.08. The Bertz CT molecular complexity index is 584. The number of nitrogens with two attached hydrogens (primary N) is 1. The summed E-state index contributed by atoms with van der Waals surface area (Å²) in [5.41, 5.74) is 5.69. The predicted octanol–water partition coefficient (Wildman–Crippen LogP) is 2.70. The number of rotatable bonds is 4. The van der Waals surface area contributed by atoms with E-state index in [1.54, 1.807) is 0 Å². The zero-order chi connectivity index (χ0) is 14.8. The van der Waals surface area contributed by atoms with Crippen molar-refractivity contribution in [3.05, 3.63) is 29.0 Å². The van der Waals surface area contributed by atoms with Crippen LogP contribution in [0.2, 0.25) is 5.02 Å². The first kappa shape index (κ1) is 18.6. The summed E-state index contributed by atoms with van der Waals surface area (Å²) < 4.78 is 40.3. The van der Waals surface area contributed by atoms with Gasteiger partial charge in [0.1, 0.15) is 10.7 Å². The van der Waals surface area contributed by atoms with Gasteiger partial charge in [0.05, 0.1) is 5.02 Å². The Morgan fingerprint density at radius 3 is 2.62 bits per heavy atom.